The molecule has 0 bridgehead atoms. The third-order valence-electron chi connectivity index (χ3n) is 5.09. The SMILES string of the molecule is O=C(Cn1c(CO)cnc1SCC(=O)Nc1cccc2ccccc12)NCc1ccccc1. The topological polar surface area (TPSA) is 96.2 Å². The van der Waals surface area contributed by atoms with Gasteiger partial charge in [0, 0.05) is 17.6 Å². The van der Waals surface area contributed by atoms with E-state index in [1.54, 1.807) is 4.57 Å². The van der Waals surface area contributed by atoms with E-state index in [0.717, 1.165) is 22.0 Å². The van der Waals surface area contributed by atoms with Gasteiger partial charge in [0.15, 0.2) is 5.16 Å². The highest BCUT2D eigenvalue weighted by Gasteiger charge is 2.15. The molecule has 0 unspecified atom stereocenters. The molecule has 0 aliphatic carbocycles. The van der Waals surface area contributed by atoms with Crippen molar-refractivity contribution in [1.29, 1.82) is 0 Å². The van der Waals surface area contributed by atoms with E-state index in [2.05, 4.69) is 15.6 Å². The zero-order chi connectivity index (χ0) is 23.0. The molecule has 2 amide bonds. The predicted molar refractivity (Wildman–Crippen MR) is 130 cm³/mol. The van der Waals surface area contributed by atoms with E-state index < -0.39 is 0 Å². The molecular formula is C25H24N4O3S. The molecule has 0 saturated heterocycles. The van der Waals surface area contributed by atoms with Crippen molar-refractivity contribution < 1.29 is 14.7 Å². The molecule has 0 saturated carbocycles. The van der Waals surface area contributed by atoms with Crippen molar-refractivity contribution in [2.45, 2.75) is 24.9 Å². The Morgan fingerprint density at radius 3 is 2.52 bits per heavy atom. The molecule has 0 aliphatic heterocycles. The summed E-state index contributed by atoms with van der Waals surface area (Å²) >= 11 is 1.22. The first-order valence-corrected chi connectivity index (χ1v) is 11.5. The fourth-order valence-electron chi connectivity index (χ4n) is 3.45. The van der Waals surface area contributed by atoms with Crippen molar-refractivity contribution in [2.75, 3.05) is 11.1 Å². The van der Waals surface area contributed by atoms with Gasteiger partial charge in [-0.05, 0) is 17.0 Å². The van der Waals surface area contributed by atoms with E-state index in [4.69, 9.17) is 0 Å². The van der Waals surface area contributed by atoms with Crippen molar-refractivity contribution in [3.63, 3.8) is 0 Å². The molecule has 0 aliphatic rings. The number of benzene rings is 3. The van der Waals surface area contributed by atoms with E-state index in [9.17, 15) is 14.7 Å². The van der Waals surface area contributed by atoms with Crippen molar-refractivity contribution in [1.82, 2.24) is 14.9 Å². The number of carbonyl (C=O) groups excluding carboxylic acids is 2. The third kappa shape index (κ3) is 5.79. The smallest absolute Gasteiger partial charge is 0.240 e. The summed E-state index contributed by atoms with van der Waals surface area (Å²) in [7, 11) is 0. The van der Waals surface area contributed by atoms with Gasteiger partial charge >= 0.3 is 0 Å². The third-order valence-corrected chi connectivity index (χ3v) is 6.08. The van der Waals surface area contributed by atoms with Crippen molar-refractivity contribution in [3.8, 4) is 0 Å². The second-order valence-corrected chi connectivity index (χ2v) is 8.34. The van der Waals surface area contributed by atoms with Crippen LogP contribution in [0.3, 0.4) is 0 Å². The molecule has 1 aromatic heterocycles. The number of aromatic nitrogens is 2. The number of amides is 2. The summed E-state index contributed by atoms with van der Waals surface area (Å²) in [6.07, 6.45) is 1.52. The summed E-state index contributed by atoms with van der Waals surface area (Å²) in [6, 6.07) is 23.2. The standard InChI is InChI=1S/C25H24N4O3S/c30-16-20-14-27-25(29(20)15-23(31)26-13-18-7-2-1-3-8-18)33-17-24(32)28-22-12-6-10-19-9-4-5-11-21(19)22/h1-12,14,30H,13,15-17H2,(H,26,31)(H,28,32). The first-order valence-electron chi connectivity index (χ1n) is 10.5. The van der Waals surface area contributed by atoms with E-state index in [-0.39, 0.29) is 30.7 Å². The highest BCUT2D eigenvalue weighted by atomic mass is 32.2. The molecule has 0 radical (unpaired) electrons. The zero-order valence-electron chi connectivity index (χ0n) is 17.9. The molecular weight excluding hydrogens is 436 g/mol. The molecule has 0 atom stereocenters. The lowest BCUT2D eigenvalue weighted by molar-refractivity contribution is -0.122. The second kappa shape index (κ2) is 10.8. The van der Waals surface area contributed by atoms with Gasteiger partial charge in [0.25, 0.3) is 0 Å². The maximum absolute atomic E-state index is 12.6. The van der Waals surface area contributed by atoms with Gasteiger partial charge in [-0.2, -0.15) is 0 Å². The molecule has 4 aromatic rings. The summed E-state index contributed by atoms with van der Waals surface area (Å²) in [6.45, 7) is 0.177. The summed E-state index contributed by atoms with van der Waals surface area (Å²) in [5, 5.41) is 18.0. The lowest BCUT2D eigenvalue weighted by Crippen LogP contribution is -2.28. The Kier molecular flexibility index (Phi) is 7.39. The number of aliphatic hydroxyl groups excluding tert-OH is 1. The van der Waals surface area contributed by atoms with Gasteiger partial charge in [-0.15, -0.1) is 0 Å². The molecule has 0 fully saturated rings. The van der Waals surface area contributed by atoms with Gasteiger partial charge in [-0.3, -0.25) is 9.59 Å². The Morgan fingerprint density at radius 2 is 1.70 bits per heavy atom. The second-order valence-electron chi connectivity index (χ2n) is 7.40. The number of hydrogen-bond donors (Lipinski definition) is 3. The van der Waals surface area contributed by atoms with Gasteiger partial charge in [0.2, 0.25) is 11.8 Å². The zero-order valence-corrected chi connectivity index (χ0v) is 18.7. The first kappa shape index (κ1) is 22.6. The molecule has 168 valence electrons. The van der Waals surface area contributed by atoms with Crippen LogP contribution < -0.4 is 10.6 Å². The Balaban J connectivity index is 1.37. The summed E-state index contributed by atoms with van der Waals surface area (Å²) in [5.74, 6) is -0.255. The lowest BCUT2D eigenvalue weighted by atomic mass is 10.1. The van der Waals surface area contributed by atoms with E-state index in [1.165, 1.54) is 18.0 Å². The van der Waals surface area contributed by atoms with Gasteiger partial charge in [0.05, 0.1) is 24.3 Å². The maximum atomic E-state index is 12.6. The van der Waals surface area contributed by atoms with E-state index in [1.807, 2.05) is 72.8 Å². The van der Waals surface area contributed by atoms with Crippen molar-refractivity contribution in [3.05, 3.63) is 90.3 Å². The number of hydrogen-bond acceptors (Lipinski definition) is 5. The molecule has 3 N–H and O–H groups in total. The number of nitrogens with zero attached hydrogens (tertiary/aromatic N) is 2. The van der Waals surface area contributed by atoms with Crippen LogP contribution in [0.15, 0.2) is 84.1 Å². The molecule has 0 spiro atoms. The number of aliphatic hydroxyl groups is 1. The minimum Gasteiger partial charge on any atom is -0.390 e. The number of rotatable bonds is 9. The summed E-state index contributed by atoms with van der Waals surface area (Å²) < 4.78 is 1.64. The molecule has 3 aromatic carbocycles. The Bertz CT molecular complexity index is 1250. The van der Waals surface area contributed by atoms with Gasteiger partial charge in [-0.1, -0.05) is 78.5 Å². The fraction of sp³-hybridized carbons (Fsp3) is 0.160. The minimum atomic E-state index is -0.248. The van der Waals surface area contributed by atoms with Crippen LogP contribution in [-0.2, 0) is 29.3 Å². The average Bonchev–Trinajstić information content (AvgIpc) is 3.23. The monoisotopic (exact) mass is 460 g/mol. The summed E-state index contributed by atoms with van der Waals surface area (Å²) in [4.78, 5) is 29.4. The van der Waals surface area contributed by atoms with Crippen LogP contribution in [0.2, 0.25) is 0 Å². The van der Waals surface area contributed by atoms with Crippen molar-refractivity contribution >= 4 is 40.0 Å². The minimum absolute atomic E-state index is 0.00992. The lowest BCUT2D eigenvalue weighted by Gasteiger charge is -2.12. The number of thioether (sulfide) groups is 1. The van der Waals surface area contributed by atoms with Gasteiger partial charge in [0.1, 0.15) is 6.54 Å². The Labute approximate surface area is 195 Å². The highest BCUT2D eigenvalue weighted by Crippen LogP contribution is 2.24. The molecule has 1 heterocycles. The van der Waals surface area contributed by atoms with Crippen LogP contribution in [-0.4, -0.2) is 32.2 Å². The van der Waals surface area contributed by atoms with E-state index >= 15 is 0 Å². The number of fused-ring (bicyclic) bond motifs is 1. The average molecular weight is 461 g/mol. The Morgan fingerprint density at radius 1 is 0.939 bits per heavy atom. The van der Waals surface area contributed by atoms with Crippen LogP contribution in [0.1, 0.15) is 11.3 Å². The van der Waals surface area contributed by atoms with Crippen LogP contribution in [0, 0.1) is 0 Å². The fourth-order valence-corrected chi connectivity index (χ4v) is 4.25. The van der Waals surface area contributed by atoms with Crippen LogP contribution in [0.5, 0.6) is 0 Å². The molecule has 8 heteroatoms. The van der Waals surface area contributed by atoms with Crippen LogP contribution >= 0.6 is 11.8 Å². The first-order chi connectivity index (χ1) is 16.1. The molecule has 33 heavy (non-hydrogen) atoms. The van der Waals surface area contributed by atoms with Gasteiger partial charge < -0.3 is 20.3 Å². The van der Waals surface area contributed by atoms with Crippen LogP contribution in [0.25, 0.3) is 10.8 Å². The highest BCUT2D eigenvalue weighted by molar-refractivity contribution is 7.99. The number of anilines is 1. The molecule has 4 rings (SSSR count). The number of nitrogens with one attached hydrogen (secondary N) is 2. The number of imidazole rings is 1. The number of carbonyl (C=O) groups is 2. The summed E-state index contributed by atoms with van der Waals surface area (Å²) in [5.41, 5.74) is 2.26. The largest absolute Gasteiger partial charge is 0.390 e. The van der Waals surface area contributed by atoms with Gasteiger partial charge in [-0.25, -0.2) is 4.98 Å². The maximum Gasteiger partial charge on any atom is 0.240 e. The molecule has 7 nitrogen and oxygen atoms in total. The Hall–Kier alpha value is -3.62. The predicted octanol–water partition coefficient (Wildman–Crippen LogP) is 3.58. The van der Waals surface area contributed by atoms with E-state index in [0.29, 0.717) is 17.4 Å². The van der Waals surface area contributed by atoms with Crippen LogP contribution in [0.4, 0.5) is 5.69 Å². The normalized spacial score (nSPS) is 10.8. The van der Waals surface area contributed by atoms with Crippen molar-refractivity contribution in [2.24, 2.45) is 0 Å². The quantitative estimate of drug-likeness (QED) is 0.332.